The summed E-state index contributed by atoms with van der Waals surface area (Å²) in [6.45, 7) is 4.25. The number of aryl methyl sites for hydroxylation is 2. The number of carbonyl (C=O) groups is 2. The Morgan fingerprint density at radius 2 is 1.73 bits per heavy atom. The number of hydrogen-bond donors (Lipinski definition) is 3. The molecular formula is C19H28N4O2S. The Balaban J connectivity index is 1.21. The van der Waals surface area contributed by atoms with E-state index in [0.717, 1.165) is 47.6 Å². The van der Waals surface area contributed by atoms with Crippen LogP contribution in [0.5, 0.6) is 0 Å². The van der Waals surface area contributed by atoms with E-state index in [2.05, 4.69) is 20.9 Å². The van der Waals surface area contributed by atoms with Gasteiger partial charge in [-0.3, -0.25) is 4.79 Å². The zero-order valence-corrected chi connectivity index (χ0v) is 16.4. The molecule has 4 aliphatic carbocycles. The highest BCUT2D eigenvalue weighted by molar-refractivity contribution is 7.15. The van der Waals surface area contributed by atoms with Crippen LogP contribution in [0.4, 0.5) is 9.93 Å². The predicted octanol–water partition coefficient (Wildman–Crippen LogP) is 3.36. The van der Waals surface area contributed by atoms with Crippen LogP contribution < -0.4 is 16.0 Å². The van der Waals surface area contributed by atoms with Crippen molar-refractivity contribution < 1.29 is 9.59 Å². The Labute approximate surface area is 158 Å². The van der Waals surface area contributed by atoms with Crippen molar-refractivity contribution in [3.8, 4) is 0 Å². The highest BCUT2D eigenvalue weighted by Crippen LogP contribution is 2.55. The van der Waals surface area contributed by atoms with Gasteiger partial charge in [-0.25, -0.2) is 9.78 Å². The van der Waals surface area contributed by atoms with Gasteiger partial charge in [-0.05, 0) is 70.1 Å². The molecule has 4 bridgehead atoms. The highest BCUT2D eigenvalue weighted by Gasteiger charge is 2.51. The Kier molecular flexibility index (Phi) is 4.67. The van der Waals surface area contributed by atoms with E-state index < -0.39 is 0 Å². The lowest BCUT2D eigenvalue weighted by atomic mass is 9.53. The van der Waals surface area contributed by atoms with E-state index in [-0.39, 0.29) is 23.9 Å². The predicted molar refractivity (Wildman–Crippen MR) is 102 cm³/mol. The first-order chi connectivity index (χ1) is 12.4. The third-order valence-electron chi connectivity index (χ3n) is 6.33. The lowest BCUT2D eigenvalue weighted by molar-refractivity contribution is -0.116. The van der Waals surface area contributed by atoms with Crippen LogP contribution in [0.1, 0.15) is 55.5 Å². The summed E-state index contributed by atoms with van der Waals surface area (Å²) >= 11 is 1.48. The summed E-state index contributed by atoms with van der Waals surface area (Å²) in [7, 11) is 0. The summed E-state index contributed by atoms with van der Waals surface area (Å²) in [6, 6.07) is -0.124. The van der Waals surface area contributed by atoms with E-state index in [4.69, 9.17) is 0 Å². The maximum Gasteiger partial charge on any atom is 0.315 e. The number of urea groups is 1. The Morgan fingerprint density at radius 3 is 2.27 bits per heavy atom. The van der Waals surface area contributed by atoms with E-state index in [0.29, 0.717) is 11.7 Å². The summed E-state index contributed by atoms with van der Waals surface area (Å²) in [5, 5.41) is 9.56. The number of rotatable bonds is 5. The van der Waals surface area contributed by atoms with Crippen LogP contribution in [-0.2, 0) is 4.79 Å². The Bertz CT molecular complexity index is 660. The topological polar surface area (TPSA) is 83.1 Å². The van der Waals surface area contributed by atoms with Crippen molar-refractivity contribution in [2.24, 2.45) is 17.8 Å². The first-order valence-electron chi connectivity index (χ1n) is 9.71. The van der Waals surface area contributed by atoms with Gasteiger partial charge < -0.3 is 16.0 Å². The third-order valence-corrected chi connectivity index (χ3v) is 7.32. The van der Waals surface area contributed by atoms with Crippen molar-refractivity contribution in [2.75, 3.05) is 11.9 Å². The number of hydrogen-bond acceptors (Lipinski definition) is 4. The molecule has 0 aliphatic heterocycles. The van der Waals surface area contributed by atoms with Crippen LogP contribution in [-0.4, -0.2) is 29.0 Å². The van der Waals surface area contributed by atoms with Crippen molar-refractivity contribution in [1.82, 2.24) is 15.6 Å². The van der Waals surface area contributed by atoms with Crippen molar-refractivity contribution in [3.63, 3.8) is 0 Å². The molecule has 1 aromatic heterocycles. The summed E-state index contributed by atoms with van der Waals surface area (Å²) in [6.07, 6.45) is 7.74. The highest BCUT2D eigenvalue weighted by atomic mass is 32.1. The second kappa shape index (κ2) is 6.83. The average Bonchev–Trinajstić information content (AvgIpc) is 2.82. The van der Waals surface area contributed by atoms with E-state index in [1.807, 2.05) is 13.8 Å². The number of nitrogens with zero attached hydrogens (tertiary/aromatic N) is 1. The second-order valence-electron chi connectivity index (χ2n) is 8.54. The molecule has 1 heterocycles. The smallest absolute Gasteiger partial charge is 0.315 e. The van der Waals surface area contributed by atoms with Gasteiger partial charge in [0.2, 0.25) is 5.91 Å². The van der Waals surface area contributed by atoms with Crippen LogP contribution in [0.2, 0.25) is 0 Å². The van der Waals surface area contributed by atoms with Crippen LogP contribution in [0.3, 0.4) is 0 Å². The van der Waals surface area contributed by atoms with Gasteiger partial charge in [0.1, 0.15) is 0 Å². The molecule has 4 fully saturated rings. The van der Waals surface area contributed by atoms with Crippen LogP contribution in [0, 0.1) is 31.6 Å². The number of aromatic nitrogens is 1. The minimum atomic E-state index is -0.124. The van der Waals surface area contributed by atoms with Gasteiger partial charge in [0, 0.05) is 23.4 Å². The Hall–Kier alpha value is -1.63. The van der Waals surface area contributed by atoms with Crippen molar-refractivity contribution in [2.45, 2.75) is 64.3 Å². The van der Waals surface area contributed by atoms with Crippen molar-refractivity contribution in [3.05, 3.63) is 10.6 Å². The monoisotopic (exact) mass is 376 g/mol. The molecule has 26 heavy (non-hydrogen) atoms. The van der Waals surface area contributed by atoms with Gasteiger partial charge in [0.15, 0.2) is 5.13 Å². The molecule has 3 amide bonds. The fraction of sp³-hybridized carbons (Fsp3) is 0.737. The minimum Gasteiger partial charge on any atom is -0.338 e. The first kappa shape index (κ1) is 17.8. The molecule has 7 heteroatoms. The van der Waals surface area contributed by atoms with Gasteiger partial charge in [-0.15, -0.1) is 11.3 Å². The van der Waals surface area contributed by atoms with Gasteiger partial charge in [-0.2, -0.15) is 0 Å². The fourth-order valence-electron chi connectivity index (χ4n) is 5.55. The fourth-order valence-corrected chi connectivity index (χ4v) is 6.38. The van der Waals surface area contributed by atoms with Crippen LogP contribution >= 0.6 is 11.3 Å². The average molecular weight is 377 g/mol. The molecule has 4 aliphatic rings. The molecule has 3 N–H and O–H groups in total. The number of anilines is 1. The number of nitrogens with one attached hydrogen (secondary N) is 3. The van der Waals surface area contributed by atoms with E-state index in [1.165, 1.54) is 30.6 Å². The van der Waals surface area contributed by atoms with Gasteiger partial charge in [0.25, 0.3) is 0 Å². The maximum atomic E-state index is 12.4. The number of thiazole rings is 1. The minimum absolute atomic E-state index is 0.0109. The quantitative estimate of drug-likeness (QED) is 0.737. The Morgan fingerprint density at radius 1 is 1.12 bits per heavy atom. The molecule has 0 radical (unpaired) electrons. The largest absolute Gasteiger partial charge is 0.338 e. The molecule has 142 valence electrons. The summed E-state index contributed by atoms with van der Waals surface area (Å²) in [5.41, 5.74) is 0.954. The van der Waals surface area contributed by atoms with Crippen LogP contribution in [0.25, 0.3) is 0 Å². The van der Waals surface area contributed by atoms with Gasteiger partial charge in [0.05, 0.1) is 5.69 Å². The molecule has 0 atom stereocenters. The SMILES string of the molecule is Cc1nc(NC(=O)CCNC(=O)NC23CC4CC(CC(C4)C2)C3)sc1C. The molecule has 0 spiro atoms. The molecule has 1 aromatic rings. The van der Waals surface area contributed by atoms with Gasteiger partial charge >= 0.3 is 6.03 Å². The molecular weight excluding hydrogens is 348 g/mol. The molecule has 0 aromatic carbocycles. The molecule has 0 saturated heterocycles. The lowest BCUT2D eigenvalue weighted by Crippen LogP contribution is -2.61. The normalized spacial score (nSPS) is 31.7. The number of carbonyl (C=O) groups excluding carboxylic acids is 2. The third kappa shape index (κ3) is 3.72. The first-order valence-corrected chi connectivity index (χ1v) is 10.5. The zero-order valence-electron chi connectivity index (χ0n) is 15.6. The lowest BCUT2D eigenvalue weighted by Gasteiger charge is -2.56. The van der Waals surface area contributed by atoms with Crippen molar-refractivity contribution in [1.29, 1.82) is 0 Å². The standard InChI is InChI=1S/C19H28N4O2S/c1-11-12(2)26-18(21-11)22-16(24)3-4-20-17(25)23-19-8-13-5-14(9-19)7-15(6-13)10-19/h13-15H,3-10H2,1-2H3,(H2,20,23,25)(H,21,22,24). The van der Waals surface area contributed by atoms with E-state index in [1.54, 1.807) is 0 Å². The van der Waals surface area contributed by atoms with E-state index in [9.17, 15) is 9.59 Å². The molecule has 4 saturated carbocycles. The molecule has 5 rings (SSSR count). The summed E-state index contributed by atoms with van der Waals surface area (Å²) in [4.78, 5) is 29.8. The summed E-state index contributed by atoms with van der Waals surface area (Å²) < 4.78 is 0. The summed E-state index contributed by atoms with van der Waals surface area (Å²) in [5.74, 6) is 2.29. The van der Waals surface area contributed by atoms with E-state index >= 15 is 0 Å². The second-order valence-corrected chi connectivity index (χ2v) is 9.74. The van der Waals surface area contributed by atoms with Crippen LogP contribution in [0.15, 0.2) is 0 Å². The zero-order chi connectivity index (χ0) is 18.3. The number of amides is 3. The molecule has 6 nitrogen and oxygen atoms in total. The molecule has 0 unspecified atom stereocenters. The van der Waals surface area contributed by atoms with Gasteiger partial charge in [-0.1, -0.05) is 0 Å². The van der Waals surface area contributed by atoms with Crippen molar-refractivity contribution >= 4 is 28.4 Å². The maximum absolute atomic E-state index is 12.4.